The van der Waals surface area contributed by atoms with Crippen LogP contribution >= 0.6 is 34.0 Å². The molecule has 4 atom stereocenters. The third-order valence-corrected chi connectivity index (χ3v) is 19.0. The zero-order valence-corrected chi connectivity index (χ0v) is 52.7. The first-order valence-electron chi connectivity index (χ1n) is 29.3. The maximum Gasteiger partial charge on any atom is 0.355 e. The number of amides is 4. The van der Waals surface area contributed by atoms with E-state index in [-0.39, 0.29) is 56.1 Å². The van der Waals surface area contributed by atoms with Crippen molar-refractivity contribution in [3.05, 3.63) is 117 Å². The number of nitrogens with zero attached hydrogens (tertiary/aromatic N) is 10. The fourth-order valence-corrected chi connectivity index (χ4v) is 13.9. The highest BCUT2D eigenvalue weighted by Gasteiger charge is 2.45. The number of anilines is 4. The number of carboxylic acids is 1. The van der Waals surface area contributed by atoms with Gasteiger partial charge in [0.1, 0.15) is 12.1 Å². The number of para-hydroxylation sites is 1. The highest BCUT2D eigenvalue weighted by atomic mass is 32.1. The first-order chi connectivity index (χ1) is 42.2. The van der Waals surface area contributed by atoms with Gasteiger partial charge in [-0.15, -0.1) is 32.9 Å². The lowest BCUT2D eigenvalue weighted by atomic mass is 9.85. The fraction of sp³-hybridized carbons (Fsp3) is 0.429. The molecule has 3 aliphatic heterocycles. The molecule has 5 N–H and O–H groups in total. The van der Waals surface area contributed by atoms with Gasteiger partial charge in [-0.2, -0.15) is 0 Å². The number of likely N-dealkylation sites (tertiary alicyclic amines) is 1. The summed E-state index contributed by atoms with van der Waals surface area (Å²) in [5.41, 5.74) is 7.19. The number of hydrogen-bond acceptors (Lipinski definition) is 19. The molecule has 7 aromatic rings. The maximum absolute atomic E-state index is 15.3. The highest BCUT2D eigenvalue weighted by molar-refractivity contribution is 7.22. The van der Waals surface area contributed by atoms with Gasteiger partial charge in [-0.3, -0.25) is 29.0 Å². The number of aromatic nitrogens is 5. The van der Waals surface area contributed by atoms with Crippen molar-refractivity contribution in [3.8, 4) is 28.0 Å². The summed E-state index contributed by atoms with van der Waals surface area (Å²) in [5, 5.41) is 40.5. The van der Waals surface area contributed by atoms with Crippen LogP contribution in [0.5, 0.6) is 5.75 Å². The quantitative estimate of drug-likeness (QED) is 0.0361. The molecule has 0 bridgehead atoms. The van der Waals surface area contributed by atoms with E-state index in [0.29, 0.717) is 79.3 Å². The van der Waals surface area contributed by atoms with Gasteiger partial charge in [-0.25, -0.2) is 24.1 Å². The Bertz CT molecular complexity index is 3740. The molecule has 3 aliphatic rings. The summed E-state index contributed by atoms with van der Waals surface area (Å²) in [5.74, 6) is 4.27. The Kier molecular flexibility index (Phi) is 19.8. The van der Waals surface area contributed by atoms with Gasteiger partial charge in [0.2, 0.25) is 23.6 Å². The molecule has 0 aliphatic carbocycles. The molecule has 25 heteroatoms. The molecule has 88 heavy (non-hydrogen) atoms. The number of β-amino-alcohol motifs (C(OH)–C–C–N with tert-alkyl or cyclic N) is 1. The Morgan fingerprint density at radius 2 is 1.72 bits per heavy atom. The third kappa shape index (κ3) is 14.9. The summed E-state index contributed by atoms with van der Waals surface area (Å²) < 4.78 is 22.2. The van der Waals surface area contributed by atoms with Crippen molar-refractivity contribution >= 4 is 95.7 Å². The number of thiazole rings is 3. The van der Waals surface area contributed by atoms with E-state index in [0.717, 1.165) is 61.0 Å². The summed E-state index contributed by atoms with van der Waals surface area (Å²) in [6.07, 6.45) is 1.51. The van der Waals surface area contributed by atoms with E-state index >= 15 is 4.39 Å². The number of likely N-dealkylation sites (N-methyl/N-ethyl adjacent to an activating group) is 1. The van der Waals surface area contributed by atoms with Gasteiger partial charge in [0.25, 0.3) is 0 Å². The lowest BCUT2D eigenvalue weighted by Crippen LogP contribution is -2.59. The number of aliphatic hydroxyl groups is 1. The molecule has 4 amide bonds. The van der Waals surface area contributed by atoms with Crippen LogP contribution in [0.15, 0.2) is 72.2 Å². The van der Waals surface area contributed by atoms with E-state index in [4.69, 9.17) is 4.74 Å². The third-order valence-electron chi connectivity index (χ3n) is 15.9. The van der Waals surface area contributed by atoms with Gasteiger partial charge in [-0.1, -0.05) is 80.3 Å². The van der Waals surface area contributed by atoms with Crippen molar-refractivity contribution in [1.82, 2.24) is 55.4 Å². The molecule has 10 rings (SSSR count). The van der Waals surface area contributed by atoms with Gasteiger partial charge in [-0.05, 0) is 100 Å². The Balaban J connectivity index is 0.644. The topological polar surface area (TPSA) is 252 Å². The van der Waals surface area contributed by atoms with Crippen LogP contribution in [-0.4, -0.2) is 175 Å². The highest BCUT2D eigenvalue weighted by Crippen LogP contribution is 2.40. The van der Waals surface area contributed by atoms with Crippen molar-refractivity contribution < 1.29 is 43.3 Å². The van der Waals surface area contributed by atoms with Crippen molar-refractivity contribution in [2.24, 2.45) is 5.41 Å². The number of ether oxygens (including phenoxy) is 1. The second-order valence-corrected chi connectivity index (χ2v) is 26.5. The van der Waals surface area contributed by atoms with Crippen molar-refractivity contribution in [1.29, 1.82) is 0 Å². The minimum Gasteiger partial charge on any atom is -0.491 e. The van der Waals surface area contributed by atoms with E-state index in [9.17, 15) is 34.2 Å². The smallest absolute Gasteiger partial charge is 0.355 e. The monoisotopic (exact) mass is 1250 g/mol. The van der Waals surface area contributed by atoms with Crippen LogP contribution in [0.4, 0.5) is 26.3 Å². The van der Waals surface area contributed by atoms with Gasteiger partial charge < -0.3 is 45.6 Å². The molecular weight excluding hydrogens is 1180 g/mol. The van der Waals surface area contributed by atoms with Gasteiger partial charge in [0, 0.05) is 67.3 Å². The zero-order valence-electron chi connectivity index (χ0n) is 50.3. The van der Waals surface area contributed by atoms with Crippen LogP contribution < -0.4 is 25.6 Å². The van der Waals surface area contributed by atoms with Crippen molar-refractivity contribution in [3.63, 3.8) is 0 Å². The fourth-order valence-electron chi connectivity index (χ4n) is 11.1. The molecule has 2 saturated heterocycles. The van der Waals surface area contributed by atoms with Crippen LogP contribution in [0.3, 0.4) is 0 Å². The predicted octanol–water partition coefficient (Wildman–Crippen LogP) is 7.76. The number of nitrogens with one attached hydrogen (secondary N) is 3. The number of piperazine rings is 1. The Hall–Kier alpha value is -7.99. The zero-order chi connectivity index (χ0) is 62.4. The van der Waals surface area contributed by atoms with Crippen LogP contribution in [0.1, 0.15) is 96.3 Å². The molecule has 0 spiro atoms. The number of carboxylic acid groups (broad SMARTS) is 1. The summed E-state index contributed by atoms with van der Waals surface area (Å²) in [6.45, 7) is 14.2. The number of benzene rings is 3. The molecule has 0 saturated carbocycles. The molecule has 7 heterocycles. The molecule has 3 aromatic carbocycles. The Morgan fingerprint density at radius 3 is 2.43 bits per heavy atom. The van der Waals surface area contributed by atoms with E-state index in [2.05, 4.69) is 57.8 Å². The first kappa shape index (κ1) is 63.0. The lowest BCUT2D eigenvalue weighted by Gasteiger charge is -2.36. The second kappa shape index (κ2) is 27.6. The van der Waals surface area contributed by atoms with E-state index < -0.39 is 53.1 Å². The number of halogens is 1. The minimum absolute atomic E-state index is 0.0315. The SMILES string of the molecule is Cc1ncsc1-c1ccc(C(C)NC(=O)[C@@H]2C[C@@H](O)CN2C(=O)C(NC(=O)CN(C)CC(=O)N2CCN(CC#Cc3ccc(OCCCc4sc(N5CCCc6c5nnc(Nc5nc7ccccc7s5)c6C)nc4C(=O)O)c(F)c3)CC2)C(C)(C)C)cc1. The standard InChI is InChI=1S/C63H72FN13O8S3/c1-37-44-14-11-25-76(57(44)72-71-56(37)70-61-67-46-15-8-9-16-49(46)87-61)62-69-53(60(83)84)50(88-62)17-12-30-85-48-23-18-40(31-45(48)64)13-10-24-74-26-28-75(29-27-74)52(80)35-73(7)34-51(79)68-55(63(4,5)6)59(82)77-33-43(78)32-47(77)58(81)66-38(2)41-19-21-42(22-20-41)54-39(3)65-36-86-54/h8-9,15-16,18-23,31,36,38,43,47,55,78H,11-12,14,17,24-30,32-35H2,1-7H3,(H,66,81)(H,68,79)(H,83,84)(H,67,70,71)/t38?,43-,47+,55?/m1/s1. The van der Waals surface area contributed by atoms with Crippen LogP contribution in [0.2, 0.25) is 0 Å². The van der Waals surface area contributed by atoms with Crippen LogP contribution in [-0.2, 0) is 32.0 Å². The van der Waals surface area contributed by atoms with Crippen molar-refractivity contribution in [2.45, 2.75) is 97.9 Å². The number of hydrogen-bond donors (Lipinski definition) is 5. The largest absolute Gasteiger partial charge is 0.491 e. The average molecular weight is 1250 g/mol. The number of rotatable bonds is 20. The lowest BCUT2D eigenvalue weighted by molar-refractivity contribution is -0.144. The number of aromatic carboxylic acids is 1. The number of fused-ring (bicyclic) bond motifs is 2. The first-order valence-corrected chi connectivity index (χ1v) is 31.9. The van der Waals surface area contributed by atoms with E-state index in [1.54, 1.807) is 39.8 Å². The number of carbonyl (C=O) groups is 5. The van der Waals surface area contributed by atoms with Gasteiger partial charge >= 0.3 is 5.97 Å². The Labute approximate surface area is 522 Å². The molecule has 2 unspecified atom stereocenters. The van der Waals surface area contributed by atoms with Gasteiger partial charge in [0.15, 0.2) is 39.2 Å². The van der Waals surface area contributed by atoms with Crippen molar-refractivity contribution in [2.75, 3.05) is 82.8 Å². The predicted molar refractivity (Wildman–Crippen MR) is 338 cm³/mol. The van der Waals surface area contributed by atoms with Gasteiger partial charge in [0.05, 0.1) is 64.7 Å². The second-order valence-electron chi connectivity index (χ2n) is 23.5. The number of carbonyl (C=O) groups excluding carboxylic acids is 4. The van der Waals surface area contributed by atoms with Crippen LogP contribution in [0.25, 0.3) is 20.7 Å². The Morgan fingerprint density at radius 1 is 0.943 bits per heavy atom. The van der Waals surface area contributed by atoms with E-state index in [1.165, 1.54) is 39.7 Å². The maximum atomic E-state index is 15.3. The summed E-state index contributed by atoms with van der Waals surface area (Å²) in [4.78, 5) is 91.4. The number of aliphatic hydroxyl groups excluding tert-OH is 1. The molecule has 462 valence electrons. The molecule has 21 nitrogen and oxygen atoms in total. The summed E-state index contributed by atoms with van der Waals surface area (Å²) >= 11 is 4.39. The minimum atomic E-state index is -1.13. The molecule has 4 aromatic heterocycles. The molecule has 0 radical (unpaired) electrons. The molecule has 2 fully saturated rings. The average Bonchev–Trinajstić information content (AvgIpc) is 2.01. The number of aryl methyl sites for hydroxylation is 2. The normalized spacial score (nSPS) is 16.9. The van der Waals surface area contributed by atoms with Crippen LogP contribution in [0, 0.1) is 36.9 Å². The molecular formula is C63H72FN13O8S3. The summed E-state index contributed by atoms with van der Waals surface area (Å²) in [7, 11) is 1.66. The summed E-state index contributed by atoms with van der Waals surface area (Å²) in [6, 6.07) is 18.0. The van der Waals surface area contributed by atoms with E-state index in [1.807, 2.05) is 95.0 Å².